The maximum atomic E-state index is 13.2. The molecule has 0 saturated carbocycles. The molecule has 140 valence electrons. The summed E-state index contributed by atoms with van der Waals surface area (Å²) in [5.41, 5.74) is 4.97. The fourth-order valence-electron chi connectivity index (χ4n) is 3.53. The first-order chi connectivity index (χ1) is 13.5. The molecule has 1 aliphatic heterocycles. The third-order valence-electron chi connectivity index (χ3n) is 5.17. The van der Waals surface area contributed by atoms with Crippen LogP contribution >= 0.6 is 11.6 Å². The van der Waals surface area contributed by atoms with Crippen LogP contribution in [-0.2, 0) is 11.3 Å². The normalized spacial score (nSPS) is 14.1. The van der Waals surface area contributed by atoms with Crippen molar-refractivity contribution >= 4 is 29.2 Å². The number of benzene rings is 3. The van der Waals surface area contributed by atoms with Gasteiger partial charge < -0.3 is 10.0 Å². The summed E-state index contributed by atoms with van der Waals surface area (Å²) in [5.74, 6) is -1.51. The number of aliphatic carboxylic acids is 1. The monoisotopic (exact) mass is 391 g/mol. The number of fused-ring (bicyclic) bond motifs is 1. The number of hydrogen-bond acceptors (Lipinski definition) is 2. The van der Waals surface area contributed by atoms with Crippen LogP contribution < -0.4 is 4.90 Å². The van der Waals surface area contributed by atoms with Gasteiger partial charge in [0.15, 0.2) is 0 Å². The highest BCUT2D eigenvalue weighted by Crippen LogP contribution is 2.35. The van der Waals surface area contributed by atoms with Crippen LogP contribution in [0.3, 0.4) is 0 Å². The summed E-state index contributed by atoms with van der Waals surface area (Å²) in [4.78, 5) is 26.1. The van der Waals surface area contributed by atoms with Gasteiger partial charge in [-0.25, -0.2) is 0 Å². The van der Waals surface area contributed by atoms with Crippen LogP contribution in [0, 0.1) is 0 Å². The van der Waals surface area contributed by atoms with Gasteiger partial charge in [-0.15, -0.1) is 0 Å². The average molecular weight is 392 g/mol. The lowest BCUT2D eigenvalue weighted by Crippen LogP contribution is -2.23. The third-order valence-corrected chi connectivity index (χ3v) is 5.42. The van der Waals surface area contributed by atoms with Gasteiger partial charge in [-0.3, -0.25) is 9.59 Å². The van der Waals surface area contributed by atoms with Gasteiger partial charge >= 0.3 is 5.97 Å². The van der Waals surface area contributed by atoms with Crippen molar-refractivity contribution in [1.82, 2.24) is 0 Å². The zero-order valence-electron chi connectivity index (χ0n) is 15.2. The smallest absolute Gasteiger partial charge is 0.310 e. The van der Waals surface area contributed by atoms with Crippen molar-refractivity contribution in [2.24, 2.45) is 0 Å². The third kappa shape index (κ3) is 3.16. The molecule has 28 heavy (non-hydrogen) atoms. The molecule has 3 aromatic carbocycles. The van der Waals surface area contributed by atoms with E-state index in [2.05, 4.69) is 0 Å². The van der Waals surface area contributed by atoms with Crippen LogP contribution in [0.4, 0.5) is 5.69 Å². The van der Waals surface area contributed by atoms with Gasteiger partial charge in [0.25, 0.3) is 5.91 Å². The molecule has 0 aromatic heterocycles. The molecule has 4 rings (SSSR count). The first-order valence-electron chi connectivity index (χ1n) is 8.98. The number of halogens is 1. The molecule has 0 fully saturated rings. The molecule has 1 N–H and O–H groups in total. The predicted molar refractivity (Wildman–Crippen MR) is 110 cm³/mol. The van der Waals surface area contributed by atoms with Crippen LogP contribution in [0.5, 0.6) is 0 Å². The summed E-state index contributed by atoms with van der Waals surface area (Å²) in [6, 6.07) is 20.5. The van der Waals surface area contributed by atoms with Crippen LogP contribution in [0.2, 0.25) is 5.02 Å². The Labute approximate surface area is 168 Å². The summed E-state index contributed by atoms with van der Waals surface area (Å²) >= 11 is 5.99. The van der Waals surface area contributed by atoms with Crippen molar-refractivity contribution in [3.8, 4) is 11.1 Å². The van der Waals surface area contributed by atoms with Crippen LogP contribution in [0.15, 0.2) is 66.7 Å². The SMILES string of the molecule is CC(C(=O)O)c1ccc(N2Cc3cccc(-c4ccc(Cl)cc4)c3C2=O)cc1. The van der Waals surface area contributed by atoms with Crippen LogP contribution in [0.1, 0.15) is 34.3 Å². The van der Waals surface area contributed by atoms with Gasteiger partial charge in [-0.2, -0.15) is 0 Å². The van der Waals surface area contributed by atoms with E-state index in [1.165, 1.54) is 0 Å². The van der Waals surface area contributed by atoms with E-state index < -0.39 is 11.9 Å². The number of carboxylic acids is 1. The standard InChI is InChI=1S/C23H18ClNO3/c1-14(23(27)28)15-7-11-19(12-8-15)25-13-17-3-2-4-20(21(17)22(25)26)16-5-9-18(24)10-6-16/h2-12,14H,13H2,1H3,(H,27,28). The minimum atomic E-state index is -0.870. The molecule has 0 bridgehead atoms. The molecular formula is C23H18ClNO3. The summed E-state index contributed by atoms with van der Waals surface area (Å²) in [6.45, 7) is 2.13. The lowest BCUT2D eigenvalue weighted by molar-refractivity contribution is -0.138. The predicted octanol–water partition coefficient (Wildman–Crippen LogP) is 5.36. The molecule has 0 spiro atoms. The molecule has 3 aromatic rings. The zero-order valence-corrected chi connectivity index (χ0v) is 16.0. The number of hydrogen-bond donors (Lipinski definition) is 1. The first kappa shape index (κ1) is 18.3. The van der Waals surface area contributed by atoms with Gasteiger partial charge in [-0.05, 0) is 53.4 Å². The van der Waals surface area contributed by atoms with Crippen LogP contribution in [0.25, 0.3) is 11.1 Å². The van der Waals surface area contributed by atoms with E-state index in [9.17, 15) is 9.59 Å². The van der Waals surface area contributed by atoms with E-state index in [0.717, 1.165) is 22.4 Å². The Bertz CT molecular complexity index is 1060. The lowest BCUT2D eigenvalue weighted by atomic mass is 9.97. The Morgan fingerprint density at radius 2 is 1.71 bits per heavy atom. The fraction of sp³-hybridized carbons (Fsp3) is 0.130. The van der Waals surface area contributed by atoms with Crippen molar-refractivity contribution < 1.29 is 14.7 Å². The van der Waals surface area contributed by atoms with Crippen molar-refractivity contribution in [2.45, 2.75) is 19.4 Å². The van der Waals surface area contributed by atoms with Gasteiger partial charge in [0.1, 0.15) is 0 Å². The summed E-state index contributed by atoms with van der Waals surface area (Å²) in [7, 11) is 0. The van der Waals surface area contributed by atoms with Gasteiger partial charge in [-0.1, -0.05) is 54.1 Å². The van der Waals surface area contributed by atoms with Crippen molar-refractivity contribution in [3.05, 3.63) is 88.4 Å². The van der Waals surface area contributed by atoms with Crippen molar-refractivity contribution in [2.75, 3.05) is 4.90 Å². The zero-order chi connectivity index (χ0) is 19.8. The maximum Gasteiger partial charge on any atom is 0.310 e. The Kier molecular flexibility index (Phi) is 4.65. The Balaban J connectivity index is 1.67. The summed E-state index contributed by atoms with van der Waals surface area (Å²) < 4.78 is 0. The Hall–Kier alpha value is -3.11. The van der Waals surface area contributed by atoms with E-state index in [-0.39, 0.29) is 5.91 Å². The van der Waals surface area contributed by atoms with Crippen molar-refractivity contribution in [3.63, 3.8) is 0 Å². The average Bonchev–Trinajstić information content (AvgIpc) is 3.05. The molecule has 4 nitrogen and oxygen atoms in total. The molecule has 5 heteroatoms. The number of carboxylic acid groups (broad SMARTS) is 1. The highest BCUT2D eigenvalue weighted by atomic mass is 35.5. The second-order valence-corrected chi connectivity index (χ2v) is 7.33. The Morgan fingerprint density at radius 3 is 2.36 bits per heavy atom. The number of carbonyl (C=O) groups is 2. The molecule has 0 radical (unpaired) electrons. The van der Waals surface area contributed by atoms with E-state index in [1.807, 2.05) is 42.5 Å². The van der Waals surface area contributed by atoms with Crippen LogP contribution in [-0.4, -0.2) is 17.0 Å². The topological polar surface area (TPSA) is 57.6 Å². The number of carbonyl (C=O) groups excluding carboxylic acids is 1. The van der Waals surface area contributed by atoms with Gasteiger partial charge in [0.05, 0.1) is 18.0 Å². The molecule has 0 aliphatic carbocycles. The molecule has 1 aliphatic rings. The fourth-order valence-corrected chi connectivity index (χ4v) is 3.65. The number of nitrogens with zero attached hydrogens (tertiary/aromatic N) is 1. The summed E-state index contributed by atoms with van der Waals surface area (Å²) in [6.07, 6.45) is 0. The molecule has 1 atom stereocenters. The summed E-state index contributed by atoms with van der Waals surface area (Å²) in [5, 5.41) is 9.81. The van der Waals surface area contributed by atoms with E-state index >= 15 is 0 Å². The molecule has 0 saturated heterocycles. The minimum absolute atomic E-state index is 0.0559. The minimum Gasteiger partial charge on any atom is -0.481 e. The lowest BCUT2D eigenvalue weighted by Gasteiger charge is -2.17. The largest absolute Gasteiger partial charge is 0.481 e. The second kappa shape index (κ2) is 7.13. The molecule has 1 unspecified atom stereocenters. The molecule has 1 amide bonds. The highest BCUT2D eigenvalue weighted by molar-refractivity contribution is 6.30. The van der Waals surface area contributed by atoms with Gasteiger partial charge in [0.2, 0.25) is 0 Å². The Morgan fingerprint density at radius 1 is 1.04 bits per heavy atom. The van der Waals surface area contributed by atoms with E-state index in [1.54, 1.807) is 36.1 Å². The van der Waals surface area contributed by atoms with E-state index in [4.69, 9.17) is 16.7 Å². The quantitative estimate of drug-likeness (QED) is 0.651. The second-order valence-electron chi connectivity index (χ2n) is 6.89. The molecular weight excluding hydrogens is 374 g/mol. The maximum absolute atomic E-state index is 13.2. The van der Waals surface area contributed by atoms with Gasteiger partial charge in [0, 0.05) is 10.7 Å². The number of amides is 1. The molecule has 1 heterocycles. The van der Waals surface area contributed by atoms with E-state index in [0.29, 0.717) is 22.7 Å². The van der Waals surface area contributed by atoms with Crippen molar-refractivity contribution in [1.29, 1.82) is 0 Å². The number of anilines is 1. The number of rotatable bonds is 4. The first-order valence-corrected chi connectivity index (χ1v) is 9.36. The highest BCUT2D eigenvalue weighted by Gasteiger charge is 2.31.